The van der Waals surface area contributed by atoms with Crippen LogP contribution in [0.5, 0.6) is 17.2 Å². The van der Waals surface area contributed by atoms with Gasteiger partial charge in [-0.1, -0.05) is 140 Å². The van der Waals surface area contributed by atoms with Gasteiger partial charge in [0.1, 0.15) is 41.1 Å². The highest BCUT2D eigenvalue weighted by Crippen LogP contribution is 3.34. The summed E-state index contributed by atoms with van der Waals surface area (Å²) in [5.74, 6) is 1.24. The Morgan fingerprint density at radius 1 is 0.524 bits per heavy atom. The summed E-state index contributed by atoms with van der Waals surface area (Å²) >= 11 is 12.5. The van der Waals surface area contributed by atoms with Crippen LogP contribution in [0.15, 0.2) is 155 Å². The highest BCUT2D eigenvalue weighted by atomic mass is 35.5. The second-order valence-corrected chi connectivity index (χ2v) is 113. The molecule has 37 heteroatoms. The molecule has 0 saturated heterocycles. The van der Waals surface area contributed by atoms with Crippen molar-refractivity contribution >= 4 is 216 Å². The molecule has 0 aliphatic heterocycles. The zero-order valence-corrected chi connectivity index (χ0v) is 69.0. The summed E-state index contributed by atoms with van der Waals surface area (Å²) in [6.45, 7) is 0.818. The van der Waals surface area contributed by atoms with Gasteiger partial charge >= 0.3 is 0 Å². The molecular weight excluding hydrogens is 1520 g/mol. The smallest absolute Gasteiger partial charge is 0.251 e. The second kappa shape index (κ2) is 36.6. The first kappa shape index (κ1) is 74.3. The molecule has 9 aromatic rings. The van der Waals surface area contributed by atoms with Gasteiger partial charge in [0.2, 0.25) is 5.89 Å². The van der Waals surface area contributed by atoms with Crippen LogP contribution in [0.3, 0.4) is 0 Å². The van der Waals surface area contributed by atoms with Gasteiger partial charge in [-0.25, -0.2) is 9.97 Å². The molecule has 0 aliphatic rings. The number of aromatic amines is 1. The van der Waals surface area contributed by atoms with Crippen LogP contribution >= 0.6 is 216 Å². The van der Waals surface area contributed by atoms with Gasteiger partial charge in [0.05, 0.1) is 23.7 Å². The van der Waals surface area contributed by atoms with Crippen molar-refractivity contribution < 1.29 is 23.8 Å². The maximum atomic E-state index is 11.2. The number of hydrogen-bond acceptors (Lipinski definition) is 9. The van der Waals surface area contributed by atoms with Crippen LogP contribution in [-0.2, 0) is 6.54 Å². The highest BCUT2D eigenvalue weighted by Gasteiger charge is 2.46. The fourth-order valence-electron chi connectivity index (χ4n) is 7.33. The van der Waals surface area contributed by atoms with Crippen LogP contribution in [0.2, 0.25) is 10.0 Å². The first-order chi connectivity index (χ1) is 38.7. The number of rotatable bonds is 19. The van der Waals surface area contributed by atoms with Gasteiger partial charge in [0.15, 0.2) is 22.9 Å². The van der Waals surface area contributed by atoms with Gasteiger partial charge in [-0.05, 0) is 107 Å². The van der Waals surface area contributed by atoms with Gasteiger partial charge in [-0.15, -0.1) is 116 Å². The lowest BCUT2D eigenvalue weighted by Crippen LogP contribution is -2.04. The summed E-state index contributed by atoms with van der Waals surface area (Å²) in [6, 6.07) is 41.5. The normalized spacial score (nSPS) is 12.4. The first-order valence-corrected chi connectivity index (χ1v) is 66.6. The van der Waals surface area contributed by atoms with Crippen molar-refractivity contribution in [3.05, 3.63) is 162 Å². The predicted octanol–water partition coefficient (Wildman–Crippen LogP) is 25.4. The van der Waals surface area contributed by atoms with Crippen molar-refractivity contribution in [2.75, 3.05) is 7.11 Å². The summed E-state index contributed by atoms with van der Waals surface area (Å²) in [7, 11) is 43.4. The van der Waals surface area contributed by atoms with Crippen LogP contribution < -0.4 is 4.74 Å². The van der Waals surface area contributed by atoms with Crippen molar-refractivity contribution in [2.24, 2.45) is 0 Å². The van der Waals surface area contributed by atoms with E-state index in [2.05, 4.69) is 141 Å². The quantitative estimate of drug-likeness (QED) is 0.0673. The predicted molar refractivity (Wildman–Crippen MR) is 428 cm³/mol. The van der Waals surface area contributed by atoms with Crippen LogP contribution in [0.1, 0.15) is 13.0 Å². The van der Waals surface area contributed by atoms with E-state index in [4.69, 9.17) is 36.8 Å². The van der Waals surface area contributed by atoms with Crippen molar-refractivity contribution in [1.29, 1.82) is 0 Å². The number of benzene rings is 5. The number of methoxy groups -OCH3 is 1. The lowest BCUT2D eigenvalue weighted by Gasteiger charge is -2.48. The number of aromatic nitrogens is 6. The topological polar surface area (TPSA) is 148 Å². The molecule has 0 fully saturated rings. The lowest BCUT2D eigenvalue weighted by atomic mass is 10.1. The van der Waals surface area contributed by atoms with Gasteiger partial charge in [-0.3, -0.25) is 9.78 Å². The Bertz CT molecular complexity index is 3390. The standard InChI is InChI=1S/C26H20ClN3O3.C18H12ClN3O2.CH4.H26P24/c1-32-19-13-11-17(12-14-19)15-30-24(18-7-3-2-4-8-18)25(31)23(29-30)26-28-22(16-33-26)20-9-5-6-10-21(20)27;19-13-9-5-4-8-12(13)14-10-24-18(20-14)16-17(23)15(21-22-16)11-6-2-1-3-7-11;;1-14(2)20(13)23(19(11)12)24(21(15(3)4)16(5)6)22(17(7)8)18(9)10/h2-14,16,31H,15H2,1H3;1-10,23H,(H,21,22);1H4;1-13H2. The molecular formula is C45H62Cl2N6O5P24. The van der Waals surface area contributed by atoms with E-state index < -0.39 is 0 Å². The number of H-pyrrole nitrogens is 1. The van der Waals surface area contributed by atoms with E-state index in [1.54, 1.807) is 23.9 Å². The monoisotopic (exact) mass is 1580 g/mol. The number of ether oxygens (including phenoxy) is 1. The number of oxazole rings is 2. The molecule has 4 heterocycles. The molecule has 5 aromatic carbocycles. The van der Waals surface area contributed by atoms with Crippen molar-refractivity contribution in [2.45, 2.75) is 14.0 Å². The molecule has 82 heavy (non-hydrogen) atoms. The molecule has 0 amide bonds. The third kappa shape index (κ3) is 19.9. The minimum absolute atomic E-state index is 0. The van der Waals surface area contributed by atoms with Crippen LogP contribution in [-0.4, -0.2) is 47.3 Å². The minimum atomic E-state index is -0.0148. The van der Waals surface area contributed by atoms with Gasteiger partial charge in [-0.2, -0.15) is 10.2 Å². The second-order valence-electron chi connectivity index (χ2n) is 16.3. The average molecular weight is 1580 g/mol. The maximum absolute atomic E-state index is 11.2. The van der Waals surface area contributed by atoms with Crippen LogP contribution in [0.4, 0.5) is 0 Å². The Balaban J connectivity index is 0.000000201. The Kier molecular flexibility index (Phi) is 33.2. The molecule has 9 rings (SSSR count). The van der Waals surface area contributed by atoms with Crippen LogP contribution in [0, 0.1) is 0 Å². The Morgan fingerprint density at radius 2 is 0.976 bits per heavy atom. The summed E-state index contributed by atoms with van der Waals surface area (Å²) in [4.78, 5) is 8.94. The van der Waals surface area contributed by atoms with Crippen molar-refractivity contribution in [3.63, 3.8) is 0 Å². The Morgan fingerprint density at radius 3 is 1.44 bits per heavy atom. The fourth-order valence-corrected chi connectivity index (χ4v) is 297. The molecule has 436 valence electrons. The largest absolute Gasteiger partial charge is 0.504 e. The zero-order chi connectivity index (χ0) is 58.7. The molecule has 0 saturated carbocycles. The molecule has 0 bridgehead atoms. The van der Waals surface area contributed by atoms with E-state index in [0.29, 0.717) is 45.1 Å². The van der Waals surface area contributed by atoms with Crippen molar-refractivity contribution in [1.82, 2.24) is 29.9 Å². The summed E-state index contributed by atoms with van der Waals surface area (Å²) in [5.41, 5.74) is 6.93. The highest BCUT2D eigenvalue weighted by molar-refractivity contribution is 9.40. The van der Waals surface area contributed by atoms with E-state index in [1.165, 1.54) is 12.5 Å². The third-order valence-corrected chi connectivity index (χ3v) is 166. The molecule has 11 nitrogen and oxygen atoms in total. The van der Waals surface area contributed by atoms with E-state index >= 15 is 0 Å². The summed E-state index contributed by atoms with van der Waals surface area (Å²) in [5, 5.41) is 34.4. The van der Waals surface area contributed by atoms with Gasteiger partial charge < -0.3 is 23.8 Å². The molecule has 0 aliphatic carbocycles. The van der Waals surface area contributed by atoms with E-state index in [1.807, 2.05) is 121 Å². The number of halogens is 2. The Hall–Kier alpha value is 3.24. The average Bonchev–Trinajstić information content (AvgIpc) is 4.43. The van der Waals surface area contributed by atoms with Crippen LogP contribution in [0.25, 0.3) is 68.2 Å². The SMILES string of the molecule is C.COc1ccc(Cn2nc(-c3nc(-c4ccccc4Cl)co3)c(O)c2-c2ccccc2)cc1.Oc1c(-c2ccccc2)n[nH]c1-c1nc(-c2ccccc2Cl)co1.PP(P)P(P)P(P(P)P)P(P(P(P)P)P(P)P)P(P(P)P)P(P)P. The molecule has 15 unspecified atom stereocenters. The number of hydrogen-bond donors (Lipinski definition) is 3. The summed E-state index contributed by atoms with van der Waals surface area (Å²) < 4.78 is 18.2. The molecule has 4 aromatic heterocycles. The molecule has 0 spiro atoms. The third-order valence-electron chi connectivity index (χ3n) is 10.9. The molecule has 15 atom stereocenters. The summed E-state index contributed by atoms with van der Waals surface area (Å²) in [6.07, 6.45) is 3.01. The number of nitrogens with one attached hydrogen (secondary N) is 1. The lowest BCUT2D eigenvalue weighted by molar-refractivity contribution is 0.414. The fraction of sp³-hybridized carbons (Fsp3) is 0.0667. The van der Waals surface area contributed by atoms with Gasteiger partial charge in [0.25, 0.3) is 5.89 Å². The first-order valence-electron chi connectivity index (χ1n) is 23.0. The minimum Gasteiger partial charge on any atom is -0.504 e. The van der Waals surface area contributed by atoms with E-state index in [-0.39, 0.29) is 113 Å². The van der Waals surface area contributed by atoms with E-state index in [0.717, 1.165) is 33.6 Å². The van der Waals surface area contributed by atoms with Gasteiger partial charge in [0, 0.05) is 22.3 Å². The molecule has 0 radical (unpaired) electrons. The van der Waals surface area contributed by atoms with Crippen molar-refractivity contribution in [3.8, 4) is 85.4 Å². The maximum Gasteiger partial charge on any atom is 0.251 e. The Labute approximate surface area is 533 Å². The number of aromatic hydroxyl groups is 2. The van der Waals surface area contributed by atoms with E-state index in [9.17, 15) is 10.2 Å². The zero-order valence-electron chi connectivity index (χ0n) is 42.6. The molecule has 3 N–H and O–H groups in total. The number of nitrogens with zero attached hydrogens (tertiary/aromatic N) is 5.